The van der Waals surface area contributed by atoms with Gasteiger partial charge in [0.15, 0.2) is 9.84 Å². The molecule has 0 saturated carbocycles. The fraction of sp³-hybridized carbons (Fsp3) is 0.500. The molecule has 2 rings (SSSR count). The Morgan fingerprint density at radius 1 is 1.30 bits per heavy atom. The molecule has 0 unspecified atom stereocenters. The molecule has 2 atom stereocenters. The number of nitrogens with zero attached hydrogens (tertiary/aromatic N) is 1. The van der Waals surface area contributed by atoms with Gasteiger partial charge in [-0.25, -0.2) is 13.2 Å². The van der Waals surface area contributed by atoms with E-state index in [1.807, 2.05) is 6.07 Å². The predicted octanol–water partition coefficient (Wildman–Crippen LogP) is 0.963. The van der Waals surface area contributed by atoms with Crippen LogP contribution in [0.15, 0.2) is 30.3 Å². The zero-order chi connectivity index (χ0) is 15.0. The lowest BCUT2D eigenvalue weighted by Crippen LogP contribution is -2.54. The molecule has 6 heteroatoms. The monoisotopic (exact) mass is 297 g/mol. The first-order chi connectivity index (χ1) is 9.30. The Balaban J connectivity index is 2.58. The molecule has 1 saturated heterocycles. The van der Waals surface area contributed by atoms with Gasteiger partial charge in [0.1, 0.15) is 5.54 Å². The van der Waals surface area contributed by atoms with Crippen molar-refractivity contribution < 1.29 is 18.3 Å². The fourth-order valence-electron chi connectivity index (χ4n) is 3.17. The van der Waals surface area contributed by atoms with Gasteiger partial charge in [-0.2, -0.15) is 0 Å². The normalized spacial score (nSPS) is 24.4. The molecule has 5 nitrogen and oxygen atoms in total. The number of hydrogen-bond donors (Lipinski definition) is 1. The van der Waals surface area contributed by atoms with Crippen LogP contribution < -0.4 is 0 Å². The van der Waals surface area contributed by atoms with Crippen molar-refractivity contribution in [1.82, 2.24) is 4.90 Å². The van der Waals surface area contributed by atoms with Crippen molar-refractivity contribution in [1.29, 1.82) is 0 Å². The summed E-state index contributed by atoms with van der Waals surface area (Å²) in [4.78, 5) is 13.6. The summed E-state index contributed by atoms with van der Waals surface area (Å²) in [5.74, 6) is -1.46. The van der Waals surface area contributed by atoms with Crippen LogP contribution in [0.5, 0.6) is 0 Å². The number of benzene rings is 1. The Hall–Kier alpha value is -1.40. The highest BCUT2D eigenvalue weighted by atomic mass is 32.2. The van der Waals surface area contributed by atoms with Crippen molar-refractivity contribution in [3.8, 4) is 0 Å². The second-order valence-corrected chi connectivity index (χ2v) is 7.66. The molecule has 110 valence electrons. The summed E-state index contributed by atoms with van der Waals surface area (Å²) >= 11 is 0. The van der Waals surface area contributed by atoms with Crippen LogP contribution in [0, 0.1) is 5.92 Å². The molecule has 20 heavy (non-hydrogen) atoms. The zero-order valence-corrected chi connectivity index (χ0v) is 12.4. The zero-order valence-electron chi connectivity index (χ0n) is 11.6. The van der Waals surface area contributed by atoms with E-state index in [1.54, 1.807) is 43.3 Å². The van der Waals surface area contributed by atoms with Gasteiger partial charge in [-0.3, -0.25) is 4.90 Å². The van der Waals surface area contributed by atoms with Crippen molar-refractivity contribution in [3.05, 3.63) is 35.9 Å². The molecule has 1 aliphatic rings. The highest BCUT2D eigenvalue weighted by Gasteiger charge is 2.53. The lowest BCUT2D eigenvalue weighted by atomic mass is 9.76. The summed E-state index contributed by atoms with van der Waals surface area (Å²) in [6.45, 7) is 0. The van der Waals surface area contributed by atoms with E-state index in [-0.39, 0.29) is 11.5 Å². The van der Waals surface area contributed by atoms with E-state index in [2.05, 4.69) is 0 Å². The molecular weight excluding hydrogens is 278 g/mol. The highest BCUT2D eigenvalue weighted by Crippen LogP contribution is 2.40. The quantitative estimate of drug-likeness (QED) is 0.896. The first kappa shape index (κ1) is 15.0. The second kappa shape index (κ2) is 5.18. The lowest BCUT2D eigenvalue weighted by molar-refractivity contribution is -0.154. The average Bonchev–Trinajstić information content (AvgIpc) is 2.71. The van der Waals surface area contributed by atoms with Gasteiger partial charge in [0.05, 0.1) is 11.5 Å². The minimum absolute atomic E-state index is 0.0629. The van der Waals surface area contributed by atoms with Gasteiger partial charge >= 0.3 is 5.97 Å². The summed E-state index contributed by atoms with van der Waals surface area (Å²) in [6, 6.07) is 8.87. The van der Waals surface area contributed by atoms with Crippen LogP contribution in [0.2, 0.25) is 0 Å². The summed E-state index contributed by atoms with van der Waals surface area (Å²) in [5.41, 5.74) is -0.676. The molecule has 1 aromatic rings. The van der Waals surface area contributed by atoms with Crippen LogP contribution >= 0.6 is 0 Å². The minimum Gasteiger partial charge on any atom is -0.480 e. The SMILES string of the molecule is CN(C)[C@](C(=O)O)(c1ccccc1)[C@@H]1CCS(=O)(=O)C1. The summed E-state index contributed by atoms with van der Waals surface area (Å²) in [5, 5.41) is 9.84. The molecule has 1 N–H and O–H groups in total. The molecule has 0 bridgehead atoms. The summed E-state index contributed by atoms with van der Waals surface area (Å²) < 4.78 is 23.5. The minimum atomic E-state index is -3.14. The van der Waals surface area contributed by atoms with Gasteiger partial charge in [0.25, 0.3) is 0 Å². The van der Waals surface area contributed by atoms with E-state index < -0.39 is 27.3 Å². The van der Waals surface area contributed by atoms with E-state index in [1.165, 1.54) is 0 Å². The molecule has 0 radical (unpaired) electrons. The molecule has 0 amide bonds. The maximum atomic E-state index is 12.0. The number of carboxylic acids is 1. The number of sulfone groups is 1. The van der Waals surface area contributed by atoms with E-state index in [0.29, 0.717) is 12.0 Å². The summed E-state index contributed by atoms with van der Waals surface area (Å²) in [6.07, 6.45) is 0.377. The first-order valence-corrected chi connectivity index (χ1v) is 8.29. The highest BCUT2D eigenvalue weighted by molar-refractivity contribution is 7.91. The maximum Gasteiger partial charge on any atom is 0.329 e. The van der Waals surface area contributed by atoms with Crippen LogP contribution in [0.1, 0.15) is 12.0 Å². The Bertz CT molecular complexity index is 597. The lowest BCUT2D eigenvalue weighted by Gasteiger charge is -2.40. The van der Waals surface area contributed by atoms with Crippen LogP contribution in [-0.4, -0.2) is 50.0 Å². The topological polar surface area (TPSA) is 74.7 Å². The number of carbonyl (C=O) groups is 1. The third kappa shape index (κ3) is 2.33. The molecule has 0 aromatic heterocycles. The second-order valence-electron chi connectivity index (χ2n) is 5.43. The summed E-state index contributed by atoms with van der Waals surface area (Å²) in [7, 11) is 0.229. The van der Waals surface area contributed by atoms with Gasteiger partial charge < -0.3 is 5.11 Å². The van der Waals surface area contributed by atoms with Gasteiger partial charge in [-0.15, -0.1) is 0 Å². The van der Waals surface area contributed by atoms with Crippen molar-refractivity contribution in [2.24, 2.45) is 5.92 Å². The molecule has 1 aliphatic heterocycles. The number of likely N-dealkylation sites (N-methyl/N-ethyl adjacent to an activating group) is 1. The largest absolute Gasteiger partial charge is 0.480 e. The van der Waals surface area contributed by atoms with E-state index >= 15 is 0 Å². The molecule has 0 aliphatic carbocycles. The molecular formula is C14H19NO4S. The van der Waals surface area contributed by atoms with Crippen LogP contribution in [0.25, 0.3) is 0 Å². The number of rotatable bonds is 4. The molecule has 1 fully saturated rings. The maximum absolute atomic E-state index is 12.0. The number of hydrogen-bond acceptors (Lipinski definition) is 4. The first-order valence-electron chi connectivity index (χ1n) is 6.47. The Morgan fingerprint density at radius 2 is 1.90 bits per heavy atom. The predicted molar refractivity (Wildman–Crippen MR) is 76.2 cm³/mol. The van der Waals surface area contributed by atoms with Crippen molar-refractivity contribution in [2.75, 3.05) is 25.6 Å². The van der Waals surface area contributed by atoms with Crippen LogP contribution in [0.3, 0.4) is 0 Å². The van der Waals surface area contributed by atoms with Crippen molar-refractivity contribution >= 4 is 15.8 Å². The van der Waals surface area contributed by atoms with Gasteiger partial charge in [-0.05, 0) is 26.1 Å². The molecule has 0 spiro atoms. The van der Waals surface area contributed by atoms with Crippen molar-refractivity contribution in [3.63, 3.8) is 0 Å². The smallest absolute Gasteiger partial charge is 0.329 e. The van der Waals surface area contributed by atoms with Gasteiger partial charge in [0, 0.05) is 5.92 Å². The fourth-order valence-corrected chi connectivity index (χ4v) is 5.00. The number of aliphatic carboxylic acids is 1. The van der Waals surface area contributed by atoms with Crippen molar-refractivity contribution in [2.45, 2.75) is 12.0 Å². The Kier molecular flexibility index (Phi) is 3.88. The Morgan fingerprint density at radius 3 is 2.30 bits per heavy atom. The van der Waals surface area contributed by atoms with E-state index in [0.717, 1.165) is 0 Å². The van der Waals surface area contributed by atoms with E-state index in [9.17, 15) is 18.3 Å². The number of carboxylic acid groups (broad SMARTS) is 1. The third-order valence-corrected chi connectivity index (χ3v) is 5.84. The Labute approximate surface area is 119 Å². The van der Waals surface area contributed by atoms with Gasteiger partial charge in [0.2, 0.25) is 0 Å². The van der Waals surface area contributed by atoms with Gasteiger partial charge in [-0.1, -0.05) is 30.3 Å². The van der Waals surface area contributed by atoms with E-state index in [4.69, 9.17) is 0 Å². The van der Waals surface area contributed by atoms with Crippen LogP contribution in [0.4, 0.5) is 0 Å². The van der Waals surface area contributed by atoms with Crippen LogP contribution in [-0.2, 0) is 20.2 Å². The third-order valence-electron chi connectivity index (χ3n) is 4.07. The molecule has 1 heterocycles. The molecule has 1 aromatic carbocycles. The standard InChI is InChI=1S/C14H19NO4S/c1-15(2)14(13(16)17,11-6-4-3-5-7-11)12-8-9-20(18,19)10-12/h3-7,12H,8-10H2,1-2H3,(H,16,17)/t12-,14-/m1/s1. The average molecular weight is 297 g/mol.